The summed E-state index contributed by atoms with van der Waals surface area (Å²) < 4.78 is 5.03. The molecule has 4 heteroatoms. The topological polar surface area (TPSA) is 58.9 Å². The first-order chi connectivity index (χ1) is 8.66. The van der Waals surface area contributed by atoms with Gasteiger partial charge >= 0.3 is 5.63 Å². The molecule has 0 spiro atoms. The second-order valence-corrected chi connectivity index (χ2v) is 4.23. The predicted molar refractivity (Wildman–Crippen MR) is 69.5 cm³/mol. The minimum Gasteiger partial charge on any atom is -0.408 e. The van der Waals surface area contributed by atoms with Crippen LogP contribution in [0.25, 0.3) is 22.2 Å². The Morgan fingerprint density at radius 2 is 1.89 bits per heavy atom. The summed E-state index contributed by atoms with van der Waals surface area (Å²) in [5, 5.41) is 0.527. The zero-order valence-electron chi connectivity index (χ0n) is 10.2. The number of rotatable bonds is 1. The number of hydrogen-bond acceptors (Lipinski definition) is 3. The fourth-order valence-electron chi connectivity index (χ4n) is 2.15. The van der Waals surface area contributed by atoms with Crippen molar-refractivity contribution in [2.45, 2.75) is 13.8 Å². The lowest BCUT2D eigenvalue weighted by molar-refractivity contribution is 0.467. The van der Waals surface area contributed by atoms with E-state index in [-0.39, 0.29) is 5.63 Å². The molecule has 0 saturated heterocycles. The Bertz CT molecular complexity index is 770. The van der Waals surface area contributed by atoms with Gasteiger partial charge in [0.05, 0.1) is 5.69 Å². The highest BCUT2D eigenvalue weighted by Crippen LogP contribution is 2.27. The van der Waals surface area contributed by atoms with Crippen LogP contribution in [-0.2, 0) is 0 Å². The molecule has 0 saturated carbocycles. The molecule has 18 heavy (non-hydrogen) atoms. The van der Waals surface area contributed by atoms with Gasteiger partial charge < -0.3 is 9.40 Å². The summed E-state index contributed by atoms with van der Waals surface area (Å²) in [5.74, 6) is 0.378. The maximum Gasteiger partial charge on any atom is 0.348 e. The molecule has 2 aromatic heterocycles. The summed E-state index contributed by atoms with van der Waals surface area (Å²) in [6.07, 6.45) is 0. The normalized spacial score (nSPS) is 11.0. The van der Waals surface area contributed by atoms with Gasteiger partial charge in [-0.3, -0.25) is 0 Å². The molecule has 90 valence electrons. The maximum atomic E-state index is 11.8. The van der Waals surface area contributed by atoms with Crippen molar-refractivity contribution in [3.05, 3.63) is 52.3 Å². The minimum absolute atomic E-state index is 0.339. The average molecular weight is 240 g/mol. The first-order valence-corrected chi connectivity index (χ1v) is 5.72. The highest BCUT2D eigenvalue weighted by Gasteiger charge is 2.15. The number of H-pyrrole nitrogens is 1. The molecule has 0 amide bonds. The number of nitrogens with zero attached hydrogens (tertiary/aromatic N) is 1. The van der Waals surface area contributed by atoms with Gasteiger partial charge in [0.15, 0.2) is 5.89 Å². The average Bonchev–Trinajstić information content (AvgIpc) is 2.67. The predicted octanol–water partition coefficient (Wildman–Crippen LogP) is 2.80. The Morgan fingerprint density at radius 1 is 1.17 bits per heavy atom. The van der Waals surface area contributed by atoms with Crippen molar-refractivity contribution in [1.29, 1.82) is 0 Å². The maximum absolute atomic E-state index is 11.8. The van der Waals surface area contributed by atoms with Crippen molar-refractivity contribution in [3.63, 3.8) is 0 Å². The van der Waals surface area contributed by atoms with E-state index in [1.807, 2.05) is 37.3 Å². The molecule has 0 atom stereocenters. The van der Waals surface area contributed by atoms with Gasteiger partial charge in [-0.15, -0.1) is 0 Å². The van der Waals surface area contributed by atoms with Crippen LogP contribution in [-0.4, -0.2) is 9.97 Å². The Hall–Kier alpha value is -2.36. The van der Waals surface area contributed by atoms with Crippen molar-refractivity contribution < 1.29 is 4.42 Å². The summed E-state index contributed by atoms with van der Waals surface area (Å²) in [6.45, 7) is 3.53. The summed E-state index contributed by atoms with van der Waals surface area (Å²) in [5.41, 5.74) is 2.98. The fraction of sp³-hybridized carbons (Fsp3) is 0.143. The van der Waals surface area contributed by atoms with Gasteiger partial charge in [0.1, 0.15) is 10.9 Å². The number of aromatic nitrogens is 2. The summed E-state index contributed by atoms with van der Waals surface area (Å²) in [6, 6.07) is 9.83. The molecule has 2 heterocycles. The molecule has 0 unspecified atom stereocenters. The third kappa shape index (κ3) is 1.54. The van der Waals surface area contributed by atoms with Crippen LogP contribution in [0.3, 0.4) is 0 Å². The molecule has 1 N–H and O–H groups in total. The van der Waals surface area contributed by atoms with Gasteiger partial charge in [-0.2, -0.15) is 0 Å². The van der Waals surface area contributed by atoms with Crippen LogP contribution >= 0.6 is 0 Å². The van der Waals surface area contributed by atoms with Crippen LogP contribution in [0, 0.1) is 13.8 Å². The van der Waals surface area contributed by atoms with Crippen LogP contribution in [0.2, 0.25) is 0 Å². The van der Waals surface area contributed by atoms with E-state index in [0.717, 1.165) is 17.0 Å². The van der Waals surface area contributed by atoms with E-state index in [2.05, 4.69) is 9.97 Å². The zero-order chi connectivity index (χ0) is 12.7. The van der Waals surface area contributed by atoms with Gasteiger partial charge in [-0.1, -0.05) is 30.3 Å². The van der Waals surface area contributed by atoms with Crippen molar-refractivity contribution in [1.82, 2.24) is 9.97 Å². The van der Waals surface area contributed by atoms with Gasteiger partial charge in [-0.05, 0) is 6.92 Å². The van der Waals surface area contributed by atoms with Crippen LogP contribution < -0.4 is 5.63 Å². The Labute approximate surface area is 103 Å². The van der Waals surface area contributed by atoms with Crippen molar-refractivity contribution in [2.24, 2.45) is 0 Å². The number of aryl methyl sites for hydroxylation is 2. The minimum atomic E-state index is -0.339. The fourth-order valence-corrected chi connectivity index (χ4v) is 2.15. The van der Waals surface area contributed by atoms with Gasteiger partial charge in [0.25, 0.3) is 0 Å². The van der Waals surface area contributed by atoms with E-state index in [0.29, 0.717) is 16.8 Å². The van der Waals surface area contributed by atoms with E-state index in [9.17, 15) is 4.79 Å². The number of hydrogen-bond donors (Lipinski definition) is 1. The first kappa shape index (κ1) is 10.8. The van der Waals surface area contributed by atoms with Crippen molar-refractivity contribution in [3.8, 4) is 11.3 Å². The van der Waals surface area contributed by atoms with Crippen molar-refractivity contribution in [2.75, 3.05) is 0 Å². The van der Waals surface area contributed by atoms with Crippen LogP contribution in [0.4, 0.5) is 0 Å². The van der Waals surface area contributed by atoms with Crippen LogP contribution in [0.15, 0.2) is 39.5 Å². The van der Waals surface area contributed by atoms with E-state index in [4.69, 9.17) is 4.42 Å². The smallest absolute Gasteiger partial charge is 0.348 e. The van der Waals surface area contributed by atoms with Crippen molar-refractivity contribution >= 4 is 10.9 Å². The highest BCUT2D eigenvalue weighted by atomic mass is 16.4. The largest absolute Gasteiger partial charge is 0.408 e. The SMILES string of the molecule is Cc1nc2c(-c3ccccc3)[nH]c(C)c2c(=O)o1. The zero-order valence-corrected chi connectivity index (χ0v) is 10.2. The quantitative estimate of drug-likeness (QED) is 0.711. The lowest BCUT2D eigenvalue weighted by Crippen LogP contribution is -2.02. The van der Waals surface area contributed by atoms with Gasteiger partial charge in [0.2, 0.25) is 0 Å². The standard InChI is InChI=1S/C14H12N2O2/c1-8-11-13(16-9(2)18-14(11)17)12(15-8)10-6-4-3-5-7-10/h3-7,15H,1-2H3. The van der Waals surface area contributed by atoms with Crippen LogP contribution in [0.1, 0.15) is 11.6 Å². The molecule has 3 rings (SSSR count). The molecule has 0 aliphatic carbocycles. The molecule has 0 aliphatic rings. The molecule has 4 nitrogen and oxygen atoms in total. The number of fused-ring (bicyclic) bond motifs is 1. The molecular weight excluding hydrogens is 228 g/mol. The molecule has 3 aromatic rings. The second kappa shape index (κ2) is 3.84. The Morgan fingerprint density at radius 3 is 2.61 bits per heavy atom. The number of nitrogens with one attached hydrogen (secondary N) is 1. The number of aromatic amines is 1. The Balaban J connectivity index is 2.42. The summed E-state index contributed by atoms with van der Waals surface area (Å²) in [7, 11) is 0. The Kier molecular flexibility index (Phi) is 2.30. The summed E-state index contributed by atoms with van der Waals surface area (Å²) >= 11 is 0. The number of benzene rings is 1. The van der Waals surface area contributed by atoms with Crippen LogP contribution in [0.5, 0.6) is 0 Å². The van der Waals surface area contributed by atoms with E-state index < -0.39 is 0 Å². The molecule has 0 aliphatic heterocycles. The van der Waals surface area contributed by atoms with E-state index >= 15 is 0 Å². The third-order valence-electron chi connectivity index (χ3n) is 2.94. The summed E-state index contributed by atoms with van der Waals surface area (Å²) in [4.78, 5) is 19.4. The lowest BCUT2D eigenvalue weighted by atomic mass is 10.1. The van der Waals surface area contributed by atoms with E-state index in [1.165, 1.54) is 0 Å². The second-order valence-electron chi connectivity index (χ2n) is 4.23. The monoisotopic (exact) mass is 240 g/mol. The molecule has 1 aromatic carbocycles. The molecule has 0 bridgehead atoms. The molecular formula is C14H12N2O2. The molecule has 0 radical (unpaired) electrons. The molecule has 0 fully saturated rings. The first-order valence-electron chi connectivity index (χ1n) is 5.72. The van der Waals surface area contributed by atoms with Gasteiger partial charge in [-0.25, -0.2) is 9.78 Å². The highest BCUT2D eigenvalue weighted by molar-refractivity contribution is 5.93. The van der Waals surface area contributed by atoms with E-state index in [1.54, 1.807) is 6.92 Å². The van der Waals surface area contributed by atoms with Gasteiger partial charge in [0, 0.05) is 18.2 Å². The third-order valence-corrected chi connectivity index (χ3v) is 2.94. The lowest BCUT2D eigenvalue weighted by Gasteiger charge is -1.98.